The van der Waals surface area contributed by atoms with E-state index in [1.54, 1.807) is 29.2 Å². The number of carbonyl (C=O) groups is 1. The monoisotopic (exact) mass is 441 g/mol. The van der Waals surface area contributed by atoms with E-state index in [2.05, 4.69) is 15.0 Å². The summed E-state index contributed by atoms with van der Waals surface area (Å²) in [5.41, 5.74) is 0.801. The SMILES string of the molecule is N#Cc1c(F)cccc1NCCNC(=O)[C@@H]1CCCN1C1=NS(=O)(=O)c2ccccc21. The predicted molar refractivity (Wildman–Crippen MR) is 113 cm³/mol. The van der Waals surface area contributed by atoms with E-state index >= 15 is 0 Å². The molecule has 1 atom stereocenters. The van der Waals surface area contributed by atoms with Gasteiger partial charge in [0.2, 0.25) is 5.91 Å². The van der Waals surface area contributed by atoms with Gasteiger partial charge in [-0.15, -0.1) is 4.40 Å². The average Bonchev–Trinajstić information content (AvgIpc) is 3.34. The van der Waals surface area contributed by atoms with Crippen molar-refractivity contribution in [2.75, 3.05) is 25.0 Å². The third kappa shape index (κ3) is 3.96. The topological polar surface area (TPSA) is 115 Å². The summed E-state index contributed by atoms with van der Waals surface area (Å²) in [6, 6.07) is 12.2. The van der Waals surface area contributed by atoms with Crippen LogP contribution in [0.3, 0.4) is 0 Å². The lowest BCUT2D eigenvalue weighted by molar-refractivity contribution is -0.124. The first-order valence-corrected chi connectivity index (χ1v) is 11.3. The molecule has 160 valence electrons. The Kier molecular flexibility index (Phi) is 5.61. The van der Waals surface area contributed by atoms with Crippen LogP contribution in [0.2, 0.25) is 0 Å². The number of likely N-dealkylation sites (tertiary alicyclic amines) is 1. The standard InChI is InChI=1S/C21H20FN5O3S/c22-16-6-3-7-17(15(16)13-23)24-10-11-25-21(28)18-8-4-12-27(18)20-14-5-1-2-9-19(14)31(29,30)26-20/h1-3,5-7,9,18,24H,4,8,10-12H2,(H,25,28)/t18-/m0/s1. The molecule has 8 nitrogen and oxygen atoms in total. The van der Waals surface area contributed by atoms with Gasteiger partial charge < -0.3 is 15.5 Å². The van der Waals surface area contributed by atoms with Gasteiger partial charge in [-0.1, -0.05) is 18.2 Å². The molecule has 1 amide bonds. The number of hydrogen-bond acceptors (Lipinski definition) is 6. The molecule has 0 radical (unpaired) electrons. The van der Waals surface area contributed by atoms with Crippen LogP contribution in [0.25, 0.3) is 0 Å². The van der Waals surface area contributed by atoms with Gasteiger partial charge in [0.1, 0.15) is 28.4 Å². The number of nitriles is 1. The van der Waals surface area contributed by atoms with Crippen LogP contribution in [0.15, 0.2) is 51.8 Å². The van der Waals surface area contributed by atoms with E-state index in [-0.39, 0.29) is 22.9 Å². The molecule has 4 rings (SSSR count). The summed E-state index contributed by atoms with van der Waals surface area (Å²) < 4.78 is 42.3. The number of amidine groups is 1. The predicted octanol–water partition coefficient (Wildman–Crippen LogP) is 1.84. The van der Waals surface area contributed by atoms with Gasteiger partial charge >= 0.3 is 0 Å². The van der Waals surface area contributed by atoms with Crippen molar-refractivity contribution in [3.8, 4) is 6.07 Å². The summed E-state index contributed by atoms with van der Waals surface area (Å²) in [6.07, 6.45) is 1.33. The van der Waals surface area contributed by atoms with Gasteiger partial charge in [-0.05, 0) is 37.1 Å². The minimum Gasteiger partial charge on any atom is -0.382 e. The third-order valence-corrected chi connectivity index (χ3v) is 6.63. The Hall–Kier alpha value is -3.45. The van der Waals surface area contributed by atoms with Crippen LogP contribution >= 0.6 is 0 Å². The normalized spacial score (nSPS) is 18.8. The second-order valence-electron chi connectivity index (χ2n) is 7.23. The molecule has 2 aliphatic rings. The van der Waals surface area contributed by atoms with E-state index in [1.807, 2.05) is 6.07 Å². The van der Waals surface area contributed by atoms with Crippen molar-refractivity contribution in [1.29, 1.82) is 5.26 Å². The zero-order valence-electron chi connectivity index (χ0n) is 16.5. The molecule has 2 aromatic carbocycles. The number of rotatable bonds is 5. The van der Waals surface area contributed by atoms with E-state index < -0.39 is 21.9 Å². The zero-order chi connectivity index (χ0) is 22.0. The molecule has 0 aromatic heterocycles. The molecule has 2 aliphatic heterocycles. The Morgan fingerprint density at radius 2 is 2.03 bits per heavy atom. The van der Waals surface area contributed by atoms with E-state index in [1.165, 1.54) is 18.2 Å². The van der Waals surface area contributed by atoms with Gasteiger partial charge in [0.25, 0.3) is 10.0 Å². The maximum Gasteiger partial charge on any atom is 0.285 e. The van der Waals surface area contributed by atoms with E-state index in [9.17, 15) is 17.6 Å². The lowest BCUT2D eigenvalue weighted by Gasteiger charge is -2.25. The maximum absolute atomic E-state index is 13.7. The highest BCUT2D eigenvalue weighted by Gasteiger charge is 2.39. The summed E-state index contributed by atoms with van der Waals surface area (Å²) in [5.74, 6) is -0.529. The zero-order valence-corrected chi connectivity index (χ0v) is 17.3. The number of benzene rings is 2. The Morgan fingerprint density at radius 1 is 1.23 bits per heavy atom. The Bertz CT molecular complexity index is 1210. The average molecular weight is 441 g/mol. The maximum atomic E-state index is 13.7. The number of carbonyl (C=O) groups excluding carboxylic acids is 1. The van der Waals surface area contributed by atoms with Gasteiger partial charge in [0.05, 0.1) is 5.69 Å². The number of halogens is 1. The summed E-state index contributed by atoms with van der Waals surface area (Å²) in [4.78, 5) is 14.7. The van der Waals surface area contributed by atoms with Crippen LogP contribution in [-0.2, 0) is 14.8 Å². The first-order chi connectivity index (χ1) is 14.9. The fourth-order valence-corrected chi connectivity index (χ4v) is 5.09. The Labute approximate surface area is 179 Å². The second kappa shape index (κ2) is 8.35. The third-order valence-electron chi connectivity index (χ3n) is 5.31. The molecule has 2 heterocycles. The number of fused-ring (bicyclic) bond motifs is 1. The highest BCUT2D eigenvalue weighted by molar-refractivity contribution is 7.90. The number of nitrogens with one attached hydrogen (secondary N) is 2. The Morgan fingerprint density at radius 3 is 2.84 bits per heavy atom. The van der Waals surface area contributed by atoms with E-state index in [0.29, 0.717) is 36.6 Å². The molecule has 0 saturated carbocycles. The molecule has 0 aliphatic carbocycles. The summed E-state index contributed by atoms with van der Waals surface area (Å²) in [5, 5.41) is 14.8. The van der Waals surface area contributed by atoms with Crippen LogP contribution in [0, 0.1) is 17.1 Å². The molecule has 0 bridgehead atoms. The van der Waals surface area contributed by atoms with Gasteiger partial charge in [-0.25, -0.2) is 4.39 Å². The number of nitrogens with zero attached hydrogens (tertiary/aromatic N) is 3. The van der Waals surface area contributed by atoms with Crippen LogP contribution < -0.4 is 10.6 Å². The molecule has 2 aromatic rings. The fourth-order valence-electron chi connectivity index (χ4n) is 3.87. The number of sulfonamides is 1. The van der Waals surface area contributed by atoms with Gasteiger partial charge in [0, 0.05) is 25.2 Å². The molecule has 1 fully saturated rings. The lowest BCUT2D eigenvalue weighted by atomic mass is 10.1. The van der Waals surface area contributed by atoms with Crippen molar-refractivity contribution in [2.24, 2.45) is 4.40 Å². The number of amides is 1. The molecule has 10 heteroatoms. The minimum absolute atomic E-state index is 0.0742. The van der Waals surface area contributed by atoms with Crippen molar-refractivity contribution in [2.45, 2.75) is 23.8 Å². The molecule has 1 saturated heterocycles. The largest absolute Gasteiger partial charge is 0.382 e. The minimum atomic E-state index is -3.76. The molecule has 31 heavy (non-hydrogen) atoms. The van der Waals surface area contributed by atoms with Crippen molar-refractivity contribution in [3.63, 3.8) is 0 Å². The van der Waals surface area contributed by atoms with Crippen LogP contribution in [0.4, 0.5) is 10.1 Å². The van der Waals surface area contributed by atoms with Crippen LogP contribution in [-0.4, -0.2) is 50.7 Å². The summed E-state index contributed by atoms with van der Waals surface area (Å²) >= 11 is 0. The first kappa shape index (κ1) is 20.8. The number of hydrogen-bond donors (Lipinski definition) is 2. The first-order valence-electron chi connectivity index (χ1n) is 9.83. The van der Waals surface area contributed by atoms with Crippen molar-refractivity contribution < 1.29 is 17.6 Å². The highest BCUT2D eigenvalue weighted by atomic mass is 32.2. The van der Waals surface area contributed by atoms with Crippen LogP contribution in [0.1, 0.15) is 24.0 Å². The summed E-state index contributed by atoms with van der Waals surface area (Å²) in [7, 11) is -3.76. The van der Waals surface area contributed by atoms with Gasteiger partial charge in [0.15, 0.2) is 5.84 Å². The molecule has 2 N–H and O–H groups in total. The van der Waals surface area contributed by atoms with Gasteiger partial charge in [-0.3, -0.25) is 4.79 Å². The van der Waals surface area contributed by atoms with E-state index in [0.717, 1.165) is 6.42 Å². The molecule has 0 spiro atoms. The van der Waals surface area contributed by atoms with Crippen molar-refractivity contribution in [1.82, 2.24) is 10.2 Å². The highest BCUT2D eigenvalue weighted by Crippen LogP contribution is 2.31. The smallest absolute Gasteiger partial charge is 0.285 e. The quantitative estimate of drug-likeness (QED) is 0.685. The second-order valence-corrected chi connectivity index (χ2v) is 8.80. The molecular formula is C21H20FN5O3S. The summed E-state index contributed by atoms with van der Waals surface area (Å²) in [6.45, 7) is 1.09. The Balaban J connectivity index is 1.40. The van der Waals surface area contributed by atoms with Crippen molar-refractivity contribution >= 4 is 27.5 Å². The van der Waals surface area contributed by atoms with Crippen molar-refractivity contribution in [3.05, 3.63) is 59.4 Å². The van der Waals surface area contributed by atoms with Crippen LogP contribution in [0.5, 0.6) is 0 Å². The number of anilines is 1. The van der Waals surface area contributed by atoms with E-state index in [4.69, 9.17) is 5.26 Å². The fraction of sp³-hybridized carbons (Fsp3) is 0.286. The van der Waals surface area contributed by atoms with Gasteiger partial charge in [-0.2, -0.15) is 13.7 Å². The lowest BCUT2D eigenvalue weighted by Crippen LogP contribution is -2.46. The molecular weight excluding hydrogens is 421 g/mol. The molecule has 0 unspecified atom stereocenters.